The molecule has 3 nitrogen and oxygen atoms in total. The topological polar surface area (TPSA) is 56.0 Å². The fourth-order valence-electron chi connectivity index (χ4n) is 1.64. The van der Waals surface area contributed by atoms with E-state index in [2.05, 4.69) is 4.98 Å². The highest BCUT2D eigenvalue weighted by atomic mass is 32.2. The molecule has 0 saturated carbocycles. The van der Waals surface area contributed by atoms with Gasteiger partial charge >= 0.3 is 0 Å². The third-order valence-corrected chi connectivity index (χ3v) is 3.15. The number of rotatable bonds is 3. The van der Waals surface area contributed by atoms with E-state index in [1.54, 1.807) is 24.3 Å². The molecule has 0 fully saturated rings. The summed E-state index contributed by atoms with van der Waals surface area (Å²) >= 11 is 1.39. The first-order valence-electron chi connectivity index (χ1n) is 5.22. The first-order chi connectivity index (χ1) is 8.67. The zero-order chi connectivity index (χ0) is 13.1. The molecule has 92 valence electrons. The minimum absolute atomic E-state index is 0.220. The number of hydrogen-bond acceptors (Lipinski definition) is 4. The molecule has 2 aromatic rings. The van der Waals surface area contributed by atoms with Crippen LogP contribution in [0.4, 0.5) is 10.1 Å². The minimum Gasteiger partial charge on any atom is -0.398 e. The van der Waals surface area contributed by atoms with Crippen LogP contribution < -0.4 is 5.73 Å². The Balaban J connectivity index is 2.73. The van der Waals surface area contributed by atoms with Gasteiger partial charge in [0.1, 0.15) is 5.82 Å². The van der Waals surface area contributed by atoms with Crippen molar-refractivity contribution in [3.8, 4) is 11.3 Å². The largest absolute Gasteiger partial charge is 0.398 e. The Kier molecular flexibility index (Phi) is 3.62. The summed E-state index contributed by atoms with van der Waals surface area (Å²) in [5, 5.41) is 0.649. The second-order valence-corrected chi connectivity index (χ2v) is 4.44. The van der Waals surface area contributed by atoms with Crippen molar-refractivity contribution < 1.29 is 9.18 Å². The molecule has 1 aromatic heterocycles. The standard InChI is InChI=1S/C13H11FN2OS/c1-18-12-6-11(15)9(7-17)13(16-12)8-4-2-3-5-10(8)14/h2-7H,1H3,(H2,15,16). The van der Waals surface area contributed by atoms with Crippen LogP contribution in [-0.2, 0) is 0 Å². The van der Waals surface area contributed by atoms with E-state index in [-0.39, 0.29) is 16.8 Å². The van der Waals surface area contributed by atoms with Gasteiger partial charge in [-0.25, -0.2) is 9.37 Å². The number of thioether (sulfide) groups is 1. The van der Waals surface area contributed by atoms with Gasteiger partial charge in [-0.3, -0.25) is 4.79 Å². The third-order valence-electron chi connectivity index (χ3n) is 2.52. The number of benzene rings is 1. The molecule has 2 rings (SSSR count). The molecule has 0 aliphatic carbocycles. The summed E-state index contributed by atoms with van der Waals surface area (Å²) in [4.78, 5) is 15.3. The van der Waals surface area contributed by atoms with Crippen molar-refractivity contribution in [3.63, 3.8) is 0 Å². The van der Waals surface area contributed by atoms with E-state index >= 15 is 0 Å². The monoisotopic (exact) mass is 262 g/mol. The second-order valence-electron chi connectivity index (χ2n) is 3.61. The zero-order valence-electron chi connectivity index (χ0n) is 9.68. The maximum Gasteiger partial charge on any atom is 0.154 e. The second kappa shape index (κ2) is 5.18. The molecule has 0 spiro atoms. The van der Waals surface area contributed by atoms with Crippen LogP contribution >= 0.6 is 11.8 Å². The summed E-state index contributed by atoms with van der Waals surface area (Å²) in [5.41, 5.74) is 6.88. The fourth-order valence-corrected chi connectivity index (χ4v) is 2.06. The predicted molar refractivity (Wildman–Crippen MR) is 71.2 cm³/mol. The minimum atomic E-state index is -0.425. The average molecular weight is 262 g/mol. The normalized spacial score (nSPS) is 10.3. The molecule has 0 radical (unpaired) electrons. The number of nitrogens with two attached hydrogens (primary N) is 1. The lowest BCUT2D eigenvalue weighted by Crippen LogP contribution is -2.01. The maximum absolute atomic E-state index is 13.8. The van der Waals surface area contributed by atoms with Gasteiger partial charge in [-0.1, -0.05) is 12.1 Å². The Morgan fingerprint density at radius 3 is 2.72 bits per heavy atom. The van der Waals surface area contributed by atoms with Crippen molar-refractivity contribution in [1.82, 2.24) is 4.98 Å². The summed E-state index contributed by atoms with van der Waals surface area (Å²) < 4.78 is 13.8. The first-order valence-corrected chi connectivity index (χ1v) is 6.44. The van der Waals surface area contributed by atoms with Crippen molar-refractivity contribution in [3.05, 3.63) is 41.7 Å². The Morgan fingerprint density at radius 2 is 2.11 bits per heavy atom. The van der Waals surface area contributed by atoms with Crippen molar-refractivity contribution in [1.29, 1.82) is 0 Å². The van der Waals surface area contributed by atoms with Crippen LogP contribution in [0.5, 0.6) is 0 Å². The van der Waals surface area contributed by atoms with E-state index in [1.807, 2.05) is 6.26 Å². The molecule has 0 atom stereocenters. The molecule has 0 bridgehead atoms. The van der Waals surface area contributed by atoms with Gasteiger partial charge in [-0.2, -0.15) is 0 Å². The van der Waals surface area contributed by atoms with Crippen LogP contribution in [0.2, 0.25) is 0 Å². The van der Waals surface area contributed by atoms with E-state index in [9.17, 15) is 9.18 Å². The number of pyridine rings is 1. The van der Waals surface area contributed by atoms with Gasteiger partial charge in [-0.15, -0.1) is 11.8 Å². The summed E-state index contributed by atoms with van der Waals surface area (Å²) in [5.74, 6) is -0.425. The summed E-state index contributed by atoms with van der Waals surface area (Å²) in [6, 6.07) is 7.79. The van der Waals surface area contributed by atoms with Gasteiger partial charge in [0.05, 0.1) is 16.3 Å². The Morgan fingerprint density at radius 1 is 1.39 bits per heavy atom. The highest BCUT2D eigenvalue weighted by molar-refractivity contribution is 7.98. The van der Waals surface area contributed by atoms with Gasteiger partial charge in [0.2, 0.25) is 0 Å². The van der Waals surface area contributed by atoms with Gasteiger partial charge in [0, 0.05) is 11.3 Å². The third kappa shape index (κ3) is 2.22. The number of nitrogen functional groups attached to an aromatic ring is 1. The number of hydrogen-bond donors (Lipinski definition) is 1. The predicted octanol–water partition coefficient (Wildman–Crippen LogP) is 3.00. The molecule has 0 aliphatic rings. The molecule has 0 saturated heterocycles. The van der Waals surface area contributed by atoms with Crippen molar-refractivity contribution in [2.75, 3.05) is 12.0 Å². The van der Waals surface area contributed by atoms with E-state index < -0.39 is 5.82 Å². The Hall–Kier alpha value is -1.88. The van der Waals surface area contributed by atoms with Crippen molar-refractivity contribution in [2.45, 2.75) is 5.03 Å². The van der Waals surface area contributed by atoms with E-state index in [1.165, 1.54) is 17.8 Å². The van der Waals surface area contributed by atoms with Crippen LogP contribution in [0.25, 0.3) is 11.3 Å². The molecule has 0 amide bonds. The zero-order valence-corrected chi connectivity index (χ0v) is 10.5. The molecule has 0 aliphatic heterocycles. The van der Waals surface area contributed by atoms with Crippen LogP contribution in [0.15, 0.2) is 35.4 Å². The lowest BCUT2D eigenvalue weighted by atomic mass is 10.0. The number of halogens is 1. The van der Waals surface area contributed by atoms with E-state index in [4.69, 9.17) is 5.73 Å². The fraction of sp³-hybridized carbons (Fsp3) is 0.0769. The number of aldehydes is 1. The smallest absolute Gasteiger partial charge is 0.154 e. The maximum atomic E-state index is 13.8. The van der Waals surface area contributed by atoms with Gasteiger partial charge in [0.15, 0.2) is 6.29 Å². The van der Waals surface area contributed by atoms with E-state index in [0.29, 0.717) is 17.0 Å². The van der Waals surface area contributed by atoms with Crippen LogP contribution in [0.3, 0.4) is 0 Å². The van der Waals surface area contributed by atoms with Crippen LogP contribution in [-0.4, -0.2) is 17.5 Å². The molecule has 1 aromatic carbocycles. The molecule has 1 heterocycles. The molecule has 18 heavy (non-hydrogen) atoms. The quantitative estimate of drug-likeness (QED) is 0.682. The highest BCUT2D eigenvalue weighted by Crippen LogP contribution is 2.29. The molecule has 5 heteroatoms. The summed E-state index contributed by atoms with van der Waals surface area (Å²) in [7, 11) is 0. The number of nitrogens with zero attached hydrogens (tertiary/aromatic N) is 1. The van der Waals surface area contributed by atoms with Gasteiger partial charge in [0.25, 0.3) is 0 Å². The lowest BCUT2D eigenvalue weighted by molar-refractivity contribution is 0.112. The van der Waals surface area contributed by atoms with Crippen LogP contribution in [0, 0.1) is 5.82 Å². The van der Waals surface area contributed by atoms with Crippen LogP contribution in [0.1, 0.15) is 10.4 Å². The number of anilines is 1. The lowest BCUT2D eigenvalue weighted by Gasteiger charge is -2.09. The Labute approximate surface area is 108 Å². The number of carbonyl (C=O) groups is 1. The summed E-state index contributed by atoms with van der Waals surface area (Å²) in [6.07, 6.45) is 2.45. The highest BCUT2D eigenvalue weighted by Gasteiger charge is 2.14. The average Bonchev–Trinajstić information content (AvgIpc) is 2.38. The van der Waals surface area contributed by atoms with Gasteiger partial charge < -0.3 is 5.73 Å². The summed E-state index contributed by atoms with van der Waals surface area (Å²) in [6.45, 7) is 0. The SMILES string of the molecule is CSc1cc(N)c(C=O)c(-c2ccccc2F)n1. The number of carbonyl (C=O) groups excluding carboxylic acids is 1. The van der Waals surface area contributed by atoms with Gasteiger partial charge in [-0.05, 0) is 24.5 Å². The molecular weight excluding hydrogens is 251 g/mol. The van der Waals surface area contributed by atoms with Crippen molar-refractivity contribution >= 4 is 23.7 Å². The molecule has 2 N–H and O–H groups in total. The first kappa shape index (κ1) is 12.6. The number of aromatic nitrogens is 1. The Bertz CT molecular complexity index is 602. The van der Waals surface area contributed by atoms with E-state index in [0.717, 1.165) is 0 Å². The van der Waals surface area contributed by atoms with Crippen molar-refractivity contribution in [2.24, 2.45) is 0 Å². The molecule has 0 unspecified atom stereocenters. The molecular formula is C13H11FN2OS.